The molecule has 2 rings (SSSR count). The van der Waals surface area contributed by atoms with Crippen LogP contribution in [0.2, 0.25) is 0 Å². The molecule has 0 aromatic carbocycles. The first kappa shape index (κ1) is 10.5. The van der Waals surface area contributed by atoms with Crippen LogP contribution in [0.3, 0.4) is 0 Å². The number of hydrogen-bond acceptors (Lipinski definition) is 4. The molecule has 2 heterocycles. The lowest BCUT2D eigenvalue weighted by molar-refractivity contribution is 0.410. The molecule has 4 heteroatoms. The quantitative estimate of drug-likeness (QED) is 0.856. The zero-order valence-electron chi connectivity index (χ0n) is 8.24. The minimum atomic E-state index is 0.890. The Labute approximate surface area is 93.5 Å². The molecule has 0 radical (unpaired) electrons. The van der Waals surface area contributed by atoms with Crippen molar-refractivity contribution in [2.75, 3.05) is 18.8 Å². The van der Waals surface area contributed by atoms with Gasteiger partial charge in [0.1, 0.15) is 0 Å². The maximum Gasteiger partial charge on any atom is 0.0794 e. The summed E-state index contributed by atoms with van der Waals surface area (Å²) in [4.78, 5) is 5.48. The summed E-state index contributed by atoms with van der Waals surface area (Å²) in [5.74, 6) is 3.33. The highest BCUT2D eigenvalue weighted by molar-refractivity contribution is 7.98. The fraction of sp³-hybridized carbons (Fsp3) is 0.700. The Hall–Kier alpha value is -0.0600. The van der Waals surface area contributed by atoms with Gasteiger partial charge in [-0.2, -0.15) is 11.8 Å². The molecule has 1 atom stereocenters. The van der Waals surface area contributed by atoms with Gasteiger partial charge in [-0.25, -0.2) is 0 Å². The van der Waals surface area contributed by atoms with Gasteiger partial charge in [0.2, 0.25) is 0 Å². The Balaban J connectivity index is 1.62. The molecule has 78 valence electrons. The van der Waals surface area contributed by atoms with E-state index in [0.717, 1.165) is 11.7 Å². The second kappa shape index (κ2) is 5.73. The van der Waals surface area contributed by atoms with Crippen LogP contribution >= 0.6 is 23.1 Å². The van der Waals surface area contributed by atoms with Crippen LogP contribution in [0.15, 0.2) is 11.7 Å². The van der Waals surface area contributed by atoms with E-state index in [4.69, 9.17) is 0 Å². The van der Waals surface area contributed by atoms with Crippen molar-refractivity contribution in [3.8, 4) is 0 Å². The maximum atomic E-state index is 4.08. The number of rotatable bonds is 4. The molecule has 0 aliphatic carbocycles. The van der Waals surface area contributed by atoms with Crippen molar-refractivity contribution < 1.29 is 0 Å². The summed E-state index contributed by atoms with van der Waals surface area (Å²) in [5, 5.41) is 3.46. The lowest BCUT2D eigenvalue weighted by atomic mass is 10.0. The molecular weight excluding hydrogens is 212 g/mol. The van der Waals surface area contributed by atoms with Crippen molar-refractivity contribution in [2.45, 2.75) is 18.6 Å². The highest BCUT2D eigenvalue weighted by Gasteiger charge is 2.12. The molecule has 2 nitrogen and oxygen atoms in total. The van der Waals surface area contributed by atoms with Gasteiger partial charge in [-0.3, -0.25) is 4.98 Å². The molecule has 14 heavy (non-hydrogen) atoms. The fourth-order valence-electron chi connectivity index (χ4n) is 1.71. The molecule has 0 unspecified atom stereocenters. The highest BCUT2D eigenvalue weighted by Crippen LogP contribution is 2.21. The Morgan fingerprint density at radius 2 is 2.64 bits per heavy atom. The topological polar surface area (TPSA) is 24.9 Å². The van der Waals surface area contributed by atoms with Crippen LogP contribution < -0.4 is 5.32 Å². The van der Waals surface area contributed by atoms with Gasteiger partial charge in [-0.05, 0) is 37.6 Å². The molecule has 1 fully saturated rings. The number of thiazole rings is 1. The molecule has 1 saturated heterocycles. The van der Waals surface area contributed by atoms with Crippen molar-refractivity contribution in [3.63, 3.8) is 0 Å². The fourth-order valence-corrected chi connectivity index (χ4v) is 3.62. The number of thioether (sulfide) groups is 1. The smallest absolute Gasteiger partial charge is 0.0794 e. The lowest BCUT2D eigenvalue weighted by Crippen LogP contribution is -2.30. The van der Waals surface area contributed by atoms with Gasteiger partial charge >= 0.3 is 0 Å². The van der Waals surface area contributed by atoms with E-state index < -0.39 is 0 Å². The standard InChI is InChI=1S/C10H16N2S2/c1-2-9(4-11-3-1)6-13-7-10-5-12-8-14-10/h5,8-9,11H,1-4,6-7H2/t9-/m0/s1. The van der Waals surface area contributed by atoms with E-state index in [9.17, 15) is 0 Å². The van der Waals surface area contributed by atoms with Crippen LogP contribution in [0, 0.1) is 5.92 Å². The molecule has 0 amide bonds. The summed E-state index contributed by atoms with van der Waals surface area (Å²) >= 11 is 3.81. The zero-order chi connectivity index (χ0) is 9.64. The summed E-state index contributed by atoms with van der Waals surface area (Å²) < 4.78 is 0. The second-order valence-electron chi connectivity index (χ2n) is 3.70. The predicted molar refractivity (Wildman–Crippen MR) is 63.9 cm³/mol. The first-order valence-corrected chi connectivity index (χ1v) is 7.14. The van der Waals surface area contributed by atoms with Crippen LogP contribution in [-0.4, -0.2) is 23.8 Å². The third kappa shape index (κ3) is 3.26. The van der Waals surface area contributed by atoms with Gasteiger partial charge in [0.05, 0.1) is 5.51 Å². The summed E-state index contributed by atoms with van der Waals surface area (Å²) in [6.07, 6.45) is 4.74. The molecule has 0 saturated carbocycles. The van der Waals surface area contributed by atoms with E-state index in [0.29, 0.717) is 0 Å². The minimum absolute atomic E-state index is 0.890. The van der Waals surface area contributed by atoms with Crippen molar-refractivity contribution in [1.82, 2.24) is 10.3 Å². The molecule has 1 aliphatic rings. The van der Waals surface area contributed by atoms with E-state index in [-0.39, 0.29) is 0 Å². The highest BCUT2D eigenvalue weighted by atomic mass is 32.2. The largest absolute Gasteiger partial charge is 0.316 e. The van der Waals surface area contributed by atoms with Crippen LogP contribution in [-0.2, 0) is 5.75 Å². The summed E-state index contributed by atoms with van der Waals surface area (Å²) in [5.41, 5.74) is 1.91. The number of aromatic nitrogens is 1. The molecule has 1 N–H and O–H groups in total. The maximum absolute atomic E-state index is 4.08. The van der Waals surface area contributed by atoms with Crippen LogP contribution in [0.5, 0.6) is 0 Å². The van der Waals surface area contributed by atoms with Crippen LogP contribution in [0.25, 0.3) is 0 Å². The van der Waals surface area contributed by atoms with E-state index in [2.05, 4.69) is 10.3 Å². The van der Waals surface area contributed by atoms with Gasteiger partial charge in [0.25, 0.3) is 0 Å². The molecule has 0 spiro atoms. The van der Waals surface area contributed by atoms with Gasteiger partial charge in [-0.1, -0.05) is 0 Å². The van der Waals surface area contributed by atoms with Crippen LogP contribution in [0.1, 0.15) is 17.7 Å². The first-order valence-electron chi connectivity index (χ1n) is 5.11. The molecule has 1 aromatic heterocycles. The van der Waals surface area contributed by atoms with Gasteiger partial charge in [0, 0.05) is 16.8 Å². The van der Waals surface area contributed by atoms with Gasteiger partial charge in [-0.15, -0.1) is 11.3 Å². The minimum Gasteiger partial charge on any atom is -0.316 e. The monoisotopic (exact) mass is 228 g/mol. The van der Waals surface area contributed by atoms with Crippen LogP contribution in [0.4, 0.5) is 0 Å². The Morgan fingerprint density at radius 3 is 3.36 bits per heavy atom. The third-order valence-corrected chi connectivity index (χ3v) is 4.66. The second-order valence-corrected chi connectivity index (χ2v) is 5.70. The Bertz CT molecular complexity index is 243. The Morgan fingerprint density at radius 1 is 1.64 bits per heavy atom. The molecule has 1 aromatic rings. The third-order valence-electron chi connectivity index (χ3n) is 2.48. The van der Waals surface area contributed by atoms with E-state index in [1.807, 2.05) is 23.5 Å². The Kier molecular flexibility index (Phi) is 4.28. The first-order chi connectivity index (χ1) is 6.95. The van der Waals surface area contributed by atoms with Gasteiger partial charge < -0.3 is 5.32 Å². The summed E-state index contributed by atoms with van der Waals surface area (Å²) in [7, 11) is 0. The summed E-state index contributed by atoms with van der Waals surface area (Å²) in [6.45, 7) is 2.44. The van der Waals surface area contributed by atoms with E-state index >= 15 is 0 Å². The molecular formula is C10H16N2S2. The number of piperidine rings is 1. The van der Waals surface area contributed by atoms with Crippen molar-refractivity contribution in [3.05, 3.63) is 16.6 Å². The number of hydrogen-bond donors (Lipinski definition) is 1. The lowest BCUT2D eigenvalue weighted by Gasteiger charge is -2.21. The number of nitrogens with one attached hydrogen (secondary N) is 1. The van der Waals surface area contributed by atoms with E-state index in [1.54, 1.807) is 11.3 Å². The predicted octanol–water partition coefficient (Wildman–Crippen LogP) is 2.38. The zero-order valence-corrected chi connectivity index (χ0v) is 9.87. The van der Waals surface area contributed by atoms with E-state index in [1.165, 1.54) is 36.6 Å². The molecule has 0 bridgehead atoms. The SMILES string of the molecule is c1ncc(CSC[C@H]2CCCNC2)s1. The van der Waals surface area contributed by atoms with Crippen molar-refractivity contribution in [2.24, 2.45) is 5.92 Å². The normalized spacial score (nSPS) is 22.4. The average molecular weight is 228 g/mol. The summed E-state index contributed by atoms with van der Waals surface area (Å²) in [6, 6.07) is 0. The number of nitrogens with zero attached hydrogens (tertiary/aromatic N) is 1. The van der Waals surface area contributed by atoms with Crippen molar-refractivity contribution >= 4 is 23.1 Å². The average Bonchev–Trinajstić information content (AvgIpc) is 2.72. The van der Waals surface area contributed by atoms with Crippen molar-refractivity contribution in [1.29, 1.82) is 0 Å². The molecule has 1 aliphatic heterocycles. The van der Waals surface area contributed by atoms with Gasteiger partial charge in [0.15, 0.2) is 0 Å².